The quantitative estimate of drug-likeness (QED) is 0.200. The molecule has 0 amide bonds. The van der Waals surface area contributed by atoms with Gasteiger partial charge >= 0.3 is 0 Å². The summed E-state index contributed by atoms with van der Waals surface area (Å²) in [6.07, 6.45) is 8.98. The van der Waals surface area contributed by atoms with Gasteiger partial charge < -0.3 is 13.9 Å². The third-order valence-electron chi connectivity index (χ3n) is 11.7. The van der Waals surface area contributed by atoms with Crippen molar-refractivity contribution in [1.29, 1.82) is 0 Å². The monoisotopic (exact) mass is 609 g/mol. The number of para-hydroxylation sites is 3. The zero-order valence-electron chi connectivity index (χ0n) is 26.7. The van der Waals surface area contributed by atoms with Crippen molar-refractivity contribution in [3.8, 4) is 16.8 Å². The number of nitrogens with zero attached hydrogens (tertiary/aromatic N) is 3. The Kier molecular flexibility index (Phi) is 5.47. The molecule has 8 aromatic rings. The lowest BCUT2D eigenvalue weighted by Crippen LogP contribution is -2.54. The molecule has 1 aliphatic carbocycles. The topological polar surface area (TPSA) is 34.2 Å². The van der Waals surface area contributed by atoms with Gasteiger partial charge in [-0.05, 0) is 79.4 Å². The summed E-state index contributed by atoms with van der Waals surface area (Å²) in [6.45, 7) is 4.96. The van der Waals surface area contributed by atoms with E-state index in [-0.39, 0.29) is 11.0 Å². The van der Waals surface area contributed by atoms with Gasteiger partial charge in [0.1, 0.15) is 11.2 Å². The molecular weight excluding hydrogens is 574 g/mol. The third-order valence-corrected chi connectivity index (χ3v) is 11.7. The second kappa shape index (κ2) is 9.59. The zero-order chi connectivity index (χ0) is 31.3. The number of fused-ring (bicyclic) bond motifs is 9. The van der Waals surface area contributed by atoms with Crippen molar-refractivity contribution in [2.24, 2.45) is 0 Å². The molecule has 0 N–H and O–H groups in total. The summed E-state index contributed by atoms with van der Waals surface area (Å²) < 4.78 is 8.77. The lowest BCUT2D eigenvalue weighted by molar-refractivity contribution is 0.195. The van der Waals surface area contributed by atoms with Crippen molar-refractivity contribution in [3.63, 3.8) is 0 Å². The zero-order valence-corrected chi connectivity index (χ0v) is 26.7. The van der Waals surface area contributed by atoms with E-state index in [1.54, 1.807) is 0 Å². The highest BCUT2D eigenvalue weighted by Gasteiger charge is 2.57. The molecule has 0 radical (unpaired) electrons. The van der Waals surface area contributed by atoms with Gasteiger partial charge in [0, 0.05) is 50.1 Å². The van der Waals surface area contributed by atoms with Crippen molar-refractivity contribution in [1.82, 2.24) is 9.55 Å². The van der Waals surface area contributed by atoms with Crippen LogP contribution in [0.3, 0.4) is 0 Å². The van der Waals surface area contributed by atoms with Crippen LogP contribution in [-0.4, -0.2) is 15.1 Å². The number of hydrogen-bond donors (Lipinski definition) is 0. The first-order valence-corrected chi connectivity index (χ1v) is 16.8. The molecule has 47 heavy (non-hydrogen) atoms. The van der Waals surface area contributed by atoms with Gasteiger partial charge in [-0.25, -0.2) is 0 Å². The van der Waals surface area contributed by atoms with Crippen LogP contribution in [0.25, 0.3) is 60.6 Å². The number of furan rings is 1. The molecule has 4 heterocycles. The Morgan fingerprint density at radius 2 is 1.40 bits per heavy atom. The minimum atomic E-state index is 0.00118. The van der Waals surface area contributed by atoms with E-state index in [1.807, 2.05) is 18.3 Å². The van der Waals surface area contributed by atoms with Gasteiger partial charge in [0.15, 0.2) is 0 Å². The molecule has 228 valence electrons. The van der Waals surface area contributed by atoms with Gasteiger partial charge in [0.05, 0.1) is 28.5 Å². The molecule has 1 aliphatic heterocycles. The largest absolute Gasteiger partial charge is 0.455 e. The fraction of sp³-hybridized carbons (Fsp3) is 0.186. The van der Waals surface area contributed by atoms with E-state index in [9.17, 15) is 0 Å². The molecular formula is C43H35N3O. The lowest BCUT2D eigenvalue weighted by Gasteiger charge is -2.50. The Bertz CT molecular complexity index is 2520. The predicted molar refractivity (Wildman–Crippen MR) is 194 cm³/mol. The minimum absolute atomic E-state index is 0.00118. The highest BCUT2D eigenvalue weighted by Crippen LogP contribution is 2.60. The van der Waals surface area contributed by atoms with Crippen LogP contribution in [0.2, 0.25) is 0 Å². The second-order valence-electron chi connectivity index (χ2n) is 13.9. The number of hydrogen-bond acceptors (Lipinski definition) is 3. The summed E-state index contributed by atoms with van der Waals surface area (Å²) in [4.78, 5) is 7.23. The van der Waals surface area contributed by atoms with Crippen molar-refractivity contribution >= 4 is 55.1 Å². The van der Waals surface area contributed by atoms with E-state index in [4.69, 9.17) is 4.42 Å². The van der Waals surface area contributed by atoms with E-state index in [1.165, 1.54) is 64.4 Å². The maximum absolute atomic E-state index is 6.36. The molecule has 4 nitrogen and oxygen atoms in total. The Morgan fingerprint density at radius 3 is 2.30 bits per heavy atom. The van der Waals surface area contributed by atoms with E-state index in [0.717, 1.165) is 38.8 Å². The number of aromatic nitrogens is 2. The predicted octanol–water partition coefficient (Wildman–Crippen LogP) is 11.5. The molecule has 1 saturated carbocycles. The molecule has 5 aromatic carbocycles. The van der Waals surface area contributed by atoms with Crippen molar-refractivity contribution in [2.45, 2.75) is 50.5 Å². The first-order chi connectivity index (χ1) is 23.0. The van der Waals surface area contributed by atoms with E-state index < -0.39 is 0 Å². The Morgan fingerprint density at radius 1 is 0.660 bits per heavy atom. The minimum Gasteiger partial charge on any atom is -0.455 e. The van der Waals surface area contributed by atoms with Gasteiger partial charge in [-0.1, -0.05) is 86.5 Å². The molecule has 1 fully saturated rings. The van der Waals surface area contributed by atoms with Crippen molar-refractivity contribution in [2.75, 3.05) is 4.90 Å². The summed E-state index contributed by atoms with van der Waals surface area (Å²) in [5.41, 5.74) is 11.7. The normalized spacial score (nSPS) is 20.8. The van der Waals surface area contributed by atoms with E-state index in [2.05, 4.69) is 138 Å². The fourth-order valence-electron chi connectivity index (χ4n) is 9.14. The van der Waals surface area contributed by atoms with Crippen LogP contribution in [0, 0.1) is 0 Å². The highest BCUT2D eigenvalue weighted by molar-refractivity contribution is 6.11. The molecule has 0 spiro atoms. The van der Waals surface area contributed by atoms with Gasteiger partial charge in [-0.3, -0.25) is 4.98 Å². The molecule has 2 aliphatic rings. The van der Waals surface area contributed by atoms with Crippen LogP contribution < -0.4 is 4.90 Å². The number of anilines is 2. The van der Waals surface area contributed by atoms with Crippen LogP contribution >= 0.6 is 0 Å². The van der Waals surface area contributed by atoms with Crippen LogP contribution in [-0.2, 0) is 5.41 Å². The average Bonchev–Trinajstić information content (AvgIpc) is 3.72. The number of benzene rings is 5. The molecule has 3 aromatic heterocycles. The smallest absolute Gasteiger partial charge is 0.143 e. The summed E-state index contributed by atoms with van der Waals surface area (Å²) >= 11 is 0. The molecule has 4 heteroatoms. The standard InChI is InChI=1S/C43H35N3O/c1-42-23-7-8-24-43(42,2)46(39-27-44-25-22-36(39)42)30-20-21-38-35(26-30)32-10-3-5-14-37(32)45(38)29-18-16-28(17-19-29)31-12-9-13-34-33-11-4-6-15-40(33)47-41(31)34/h3-6,9-22,25-27H,7-8,23-24H2,1-2H3. The highest BCUT2D eigenvalue weighted by atomic mass is 16.3. The summed E-state index contributed by atoms with van der Waals surface area (Å²) in [7, 11) is 0. The van der Waals surface area contributed by atoms with Crippen LogP contribution in [0.5, 0.6) is 0 Å². The SMILES string of the molecule is CC12CCCCC1(C)N(c1ccc3c(c1)c1ccccc1n3-c1ccc(-c3cccc4c3oc3ccccc34)cc1)c1cnccc12. The fourth-order valence-corrected chi connectivity index (χ4v) is 9.14. The van der Waals surface area contributed by atoms with Gasteiger partial charge in [0.25, 0.3) is 0 Å². The maximum atomic E-state index is 6.36. The van der Waals surface area contributed by atoms with Crippen LogP contribution in [0.4, 0.5) is 11.4 Å². The summed E-state index contributed by atoms with van der Waals surface area (Å²) in [5.74, 6) is 0. The maximum Gasteiger partial charge on any atom is 0.143 e. The Hall–Kier alpha value is -5.35. The van der Waals surface area contributed by atoms with Crippen LogP contribution in [0.1, 0.15) is 45.1 Å². The van der Waals surface area contributed by atoms with E-state index in [0.29, 0.717) is 0 Å². The molecule has 0 saturated heterocycles. The lowest BCUT2D eigenvalue weighted by atomic mass is 9.61. The Balaban J connectivity index is 1.11. The van der Waals surface area contributed by atoms with Crippen molar-refractivity contribution in [3.05, 3.63) is 133 Å². The third kappa shape index (κ3) is 3.56. The number of rotatable bonds is 3. The van der Waals surface area contributed by atoms with Gasteiger partial charge in [-0.15, -0.1) is 0 Å². The molecule has 0 bridgehead atoms. The number of pyridine rings is 1. The van der Waals surface area contributed by atoms with Gasteiger partial charge in [0.2, 0.25) is 0 Å². The molecule has 2 unspecified atom stereocenters. The Labute approximate surface area is 273 Å². The molecule has 2 atom stereocenters. The van der Waals surface area contributed by atoms with Crippen LogP contribution in [0.15, 0.2) is 132 Å². The summed E-state index contributed by atoms with van der Waals surface area (Å²) in [5, 5.41) is 4.84. The first-order valence-electron chi connectivity index (χ1n) is 16.8. The van der Waals surface area contributed by atoms with Gasteiger partial charge in [-0.2, -0.15) is 0 Å². The first kappa shape index (κ1) is 26.8. The molecule has 10 rings (SSSR count). The second-order valence-corrected chi connectivity index (χ2v) is 13.9. The average molecular weight is 610 g/mol. The van der Waals surface area contributed by atoms with E-state index >= 15 is 0 Å². The summed E-state index contributed by atoms with van der Waals surface area (Å²) in [6, 6.07) is 41.8. The van der Waals surface area contributed by atoms with Crippen molar-refractivity contribution < 1.29 is 4.42 Å².